The van der Waals surface area contributed by atoms with Crippen molar-refractivity contribution in [3.05, 3.63) is 15.6 Å². The van der Waals surface area contributed by atoms with Crippen LogP contribution in [0, 0.1) is 10.6 Å². The molecule has 1 amide bonds. The average molecular weight is 433 g/mol. The fraction of sp³-hybridized carbons (Fsp3) is 0.688. The van der Waals surface area contributed by atoms with E-state index in [9.17, 15) is 4.79 Å². The summed E-state index contributed by atoms with van der Waals surface area (Å²) in [6, 6.07) is 0. The molecule has 2 heterocycles. The number of nitrogens with zero attached hydrogens (tertiary/aromatic N) is 3. The molecule has 1 aromatic heterocycles. The highest BCUT2D eigenvalue weighted by atomic mass is 127. The van der Waals surface area contributed by atoms with Gasteiger partial charge in [0.05, 0.1) is 11.7 Å². The van der Waals surface area contributed by atoms with Gasteiger partial charge in [-0.1, -0.05) is 0 Å². The van der Waals surface area contributed by atoms with Gasteiger partial charge in [-0.2, -0.15) is 0 Å². The van der Waals surface area contributed by atoms with Crippen LogP contribution in [0.4, 0.5) is 4.79 Å². The number of aryl methyl sites for hydroxylation is 1. The summed E-state index contributed by atoms with van der Waals surface area (Å²) in [4.78, 5) is 22.8. The van der Waals surface area contributed by atoms with Gasteiger partial charge in [-0.15, -0.1) is 0 Å². The summed E-state index contributed by atoms with van der Waals surface area (Å²) in [7, 11) is 0. The summed E-state index contributed by atoms with van der Waals surface area (Å²) >= 11 is 2.12. The van der Waals surface area contributed by atoms with Gasteiger partial charge in [0, 0.05) is 13.0 Å². The molecule has 0 saturated carbocycles. The Morgan fingerprint density at radius 1 is 1.43 bits per heavy atom. The number of ether oxygens (including phenoxy) is 2. The smallest absolute Gasteiger partial charge is 0.410 e. The van der Waals surface area contributed by atoms with E-state index in [1.807, 2.05) is 41.5 Å². The highest BCUT2D eigenvalue weighted by molar-refractivity contribution is 14.1. The van der Waals surface area contributed by atoms with Gasteiger partial charge >= 0.3 is 6.09 Å². The number of rotatable bonds is 2. The third-order valence-electron chi connectivity index (χ3n) is 3.84. The summed E-state index contributed by atoms with van der Waals surface area (Å²) in [6.45, 7) is 12.1. The van der Waals surface area contributed by atoms with E-state index in [-0.39, 0.29) is 12.2 Å². The van der Waals surface area contributed by atoms with Gasteiger partial charge in [0.15, 0.2) is 0 Å². The zero-order valence-electron chi connectivity index (χ0n) is 14.5. The zero-order valence-corrected chi connectivity index (χ0v) is 16.7. The first-order valence-electron chi connectivity index (χ1n) is 7.67. The molecule has 1 unspecified atom stereocenters. The molecule has 23 heavy (non-hydrogen) atoms. The number of halogens is 1. The Morgan fingerprint density at radius 3 is 2.65 bits per heavy atom. The average Bonchev–Trinajstić information content (AvgIpc) is 2.66. The number of likely N-dealkylation sites (tertiary alicyclic amines) is 1. The van der Waals surface area contributed by atoms with Crippen LogP contribution in [-0.2, 0) is 4.74 Å². The molecular weight excluding hydrogens is 409 g/mol. The highest BCUT2D eigenvalue weighted by Crippen LogP contribution is 2.33. The van der Waals surface area contributed by atoms with Crippen molar-refractivity contribution in [2.45, 2.75) is 65.2 Å². The predicted octanol–water partition coefficient (Wildman–Crippen LogP) is 3.56. The maximum Gasteiger partial charge on any atom is 0.410 e. The lowest BCUT2D eigenvalue weighted by Crippen LogP contribution is -2.51. The van der Waals surface area contributed by atoms with Gasteiger partial charge in [-0.05, 0) is 64.1 Å². The van der Waals surface area contributed by atoms with E-state index in [1.165, 1.54) is 0 Å². The van der Waals surface area contributed by atoms with Gasteiger partial charge in [-0.25, -0.2) is 14.8 Å². The quantitative estimate of drug-likeness (QED) is 0.668. The number of amides is 1. The minimum absolute atomic E-state index is 0.150. The van der Waals surface area contributed by atoms with Crippen LogP contribution in [-0.4, -0.2) is 44.7 Å². The van der Waals surface area contributed by atoms with Crippen molar-refractivity contribution in [1.82, 2.24) is 14.9 Å². The van der Waals surface area contributed by atoms with E-state index >= 15 is 0 Å². The van der Waals surface area contributed by atoms with Gasteiger partial charge in [0.25, 0.3) is 0 Å². The zero-order chi connectivity index (χ0) is 17.4. The minimum Gasteiger partial charge on any atom is -0.471 e. The van der Waals surface area contributed by atoms with Crippen LogP contribution in [0.3, 0.4) is 0 Å². The fourth-order valence-corrected chi connectivity index (χ4v) is 3.10. The lowest BCUT2D eigenvalue weighted by Gasteiger charge is -2.36. The summed E-state index contributed by atoms with van der Waals surface area (Å²) in [5.41, 5.74) is -0.229. The van der Waals surface area contributed by atoms with Gasteiger partial charge in [-0.3, -0.25) is 4.90 Å². The van der Waals surface area contributed by atoms with Crippen LogP contribution in [0.2, 0.25) is 0 Å². The fourth-order valence-electron chi connectivity index (χ4n) is 2.60. The SMILES string of the molecule is Cc1nc(I)cnc1OC1CCN(C(=O)OC(C)(C)C)C1(C)C. The van der Waals surface area contributed by atoms with Crippen LogP contribution in [0.1, 0.15) is 46.7 Å². The summed E-state index contributed by atoms with van der Waals surface area (Å²) in [5, 5.41) is 0. The Labute approximate surface area is 151 Å². The van der Waals surface area contributed by atoms with E-state index in [1.54, 1.807) is 11.1 Å². The van der Waals surface area contributed by atoms with E-state index in [4.69, 9.17) is 9.47 Å². The number of aromatic nitrogens is 2. The van der Waals surface area contributed by atoms with E-state index < -0.39 is 11.1 Å². The first-order valence-corrected chi connectivity index (χ1v) is 8.75. The maximum atomic E-state index is 12.4. The molecule has 1 atom stereocenters. The monoisotopic (exact) mass is 433 g/mol. The van der Waals surface area contributed by atoms with Crippen LogP contribution in [0.25, 0.3) is 0 Å². The van der Waals surface area contributed by atoms with Crippen LogP contribution >= 0.6 is 22.6 Å². The van der Waals surface area contributed by atoms with Gasteiger partial charge in [0.2, 0.25) is 5.88 Å². The van der Waals surface area contributed by atoms with Crippen molar-refractivity contribution in [3.63, 3.8) is 0 Å². The minimum atomic E-state index is -0.510. The molecule has 0 radical (unpaired) electrons. The number of hydrogen-bond acceptors (Lipinski definition) is 5. The lowest BCUT2D eigenvalue weighted by molar-refractivity contribution is 0.000298. The molecular formula is C16H24IN3O3. The molecule has 0 spiro atoms. The summed E-state index contributed by atoms with van der Waals surface area (Å²) in [5.74, 6) is 0.523. The molecule has 7 heteroatoms. The van der Waals surface area contributed by atoms with Crippen molar-refractivity contribution in [1.29, 1.82) is 0 Å². The summed E-state index contributed by atoms with van der Waals surface area (Å²) < 4.78 is 12.4. The van der Waals surface area contributed by atoms with Crippen molar-refractivity contribution in [2.24, 2.45) is 0 Å². The third kappa shape index (κ3) is 4.24. The van der Waals surface area contributed by atoms with E-state index in [0.29, 0.717) is 12.4 Å². The lowest BCUT2D eigenvalue weighted by atomic mass is 9.99. The number of hydrogen-bond donors (Lipinski definition) is 0. The molecule has 0 N–H and O–H groups in total. The Hall–Kier alpha value is -1.12. The van der Waals surface area contributed by atoms with Crippen molar-refractivity contribution in [3.8, 4) is 5.88 Å². The largest absolute Gasteiger partial charge is 0.471 e. The highest BCUT2D eigenvalue weighted by Gasteiger charge is 2.47. The second kappa shape index (κ2) is 6.41. The van der Waals surface area contributed by atoms with E-state index in [2.05, 4.69) is 32.6 Å². The van der Waals surface area contributed by atoms with Crippen LogP contribution < -0.4 is 4.74 Å². The molecule has 0 aromatic carbocycles. The summed E-state index contributed by atoms with van der Waals surface area (Å²) in [6.07, 6.45) is 1.96. The normalized spacial score (nSPS) is 20.5. The Bertz CT molecular complexity index is 599. The Balaban J connectivity index is 2.12. The predicted molar refractivity (Wildman–Crippen MR) is 95.5 cm³/mol. The molecule has 0 aliphatic carbocycles. The standard InChI is InChI=1S/C16H24IN3O3/c1-10-13(18-9-12(17)19-10)22-11-7-8-20(16(11,5)6)14(21)23-15(2,3)4/h9,11H,7-8H2,1-6H3. The molecule has 1 fully saturated rings. The molecule has 6 nitrogen and oxygen atoms in total. The van der Waals surface area contributed by atoms with Crippen LogP contribution in [0.5, 0.6) is 5.88 Å². The van der Waals surface area contributed by atoms with Crippen molar-refractivity contribution >= 4 is 28.7 Å². The molecule has 1 aromatic rings. The van der Waals surface area contributed by atoms with Crippen LogP contribution in [0.15, 0.2) is 6.20 Å². The first kappa shape index (κ1) is 18.2. The van der Waals surface area contributed by atoms with Gasteiger partial charge < -0.3 is 9.47 Å². The van der Waals surface area contributed by atoms with Crippen molar-refractivity contribution < 1.29 is 14.3 Å². The third-order valence-corrected chi connectivity index (χ3v) is 4.36. The molecule has 1 saturated heterocycles. The molecule has 1 aliphatic rings. The van der Waals surface area contributed by atoms with Crippen molar-refractivity contribution in [2.75, 3.05) is 6.54 Å². The molecule has 2 rings (SSSR count). The van der Waals surface area contributed by atoms with E-state index in [0.717, 1.165) is 15.8 Å². The molecule has 0 bridgehead atoms. The number of carbonyl (C=O) groups is 1. The van der Waals surface area contributed by atoms with Gasteiger partial charge in [0.1, 0.15) is 21.1 Å². The molecule has 1 aliphatic heterocycles. The Kier molecular flexibility index (Phi) is 5.08. The second-order valence-corrected chi connectivity index (χ2v) is 8.37. The topological polar surface area (TPSA) is 64.6 Å². The first-order chi connectivity index (χ1) is 10.5. The molecule has 128 valence electrons. The number of carbonyl (C=O) groups excluding carboxylic acids is 1. The second-order valence-electron chi connectivity index (χ2n) is 7.26. The Morgan fingerprint density at radius 2 is 2.09 bits per heavy atom. The maximum absolute atomic E-state index is 12.4.